The van der Waals surface area contributed by atoms with E-state index in [9.17, 15) is 31.6 Å². The number of nitriles is 1. The molecular formula is C20H24F3N5O4S. The van der Waals surface area contributed by atoms with E-state index in [-0.39, 0.29) is 17.3 Å². The summed E-state index contributed by atoms with van der Waals surface area (Å²) in [7, 11) is -4.24. The predicted octanol–water partition coefficient (Wildman–Crippen LogP) is 3.43. The summed E-state index contributed by atoms with van der Waals surface area (Å²) in [5.74, 6) is -1.91. The van der Waals surface area contributed by atoms with Crippen molar-refractivity contribution in [2.45, 2.75) is 52.1 Å². The molecule has 0 saturated heterocycles. The summed E-state index contributed by atoms with van der Waals surface area (Å²) in [4.78, 5) is 15.4. The van der Waals surface area contributed by atoms with Gasteiger partial charge in [0.2, 0.25) is 11.8 Å². The number of rotatable bonds is 7. The number of pyridine rings is 1. The first-order valence-corrected chi connectivity index (χ1v) is 11.3. The summed E-state index contributed by atoms with van der Waals surface area (Å²) >= 11 is 0. The van der Waals surface area contributed by atoms with E-state index in [1.165, 1.54) is 6.07 Å². The lowest BCUT2D eigenvalue weighted by Gasteiger charge is -2.19. The highest BCUT2D eigenvalue weighted by molar-refractivity contribution is 7.90. The minimum Gasteiger partial charge on any atom is -0.476 e. The van der Waals surface area contributed by atoms with Crippen LogP contribution >= 0.6 is 0 Å². The Morgan fingerprint density at radius 1 is 1.30 bits per heavy atom. The molecular weight excluding hydrogens is 463 g/mol. The molecule has 0 aliphatic heterocycles. The SMILES string of the molecule is CCC(C)C(=O)NS(=O)(=O)c1ccc(-n2nc(C(F)(F)F)c(C#N)c2OCC(C)(C)C)nc1. The molecule has 0 aromatic carbocycles. The van der Waals surface area contributed by atoms with E-state index in [0.717, 1.165) is 18.3 Å². The number of carbonyl (C=O) groups is 1. The van der Waals surface area contributed by atoms with Gasteiger partial charge in [-0.2, -0.15) is 28.2 Å². The van der Waals surface area contributed by atoms with Crippen LogP contribution in [0.3, 0.4) is 0 Å². The molecule has 1 atom stereocenters. The van der Waals surface area contributed by atoms with Crippen molar-refractivity contribution >= 4 is 15.9 Å². The zero-order valence-electron chi connectivity index (χ0n) is 18.7. The van der Waals surface area contributed by atoms with Gasteiger partial charge in [0.25, 0.3) is 10.0 Å². The second kappa shape index (κ2) is 9.38. The van der Waals surface area contributed by atoms with Crippen molar-refractivity contribution in [3.63, 3.8) is 0 Å². The maximum Gasteiger partial charge on any atom is 0.436 e. The Balaban J connectivity index is 2.51. The first kappa shape index (κ1) is 26.1. The Morgan fingerprint density at radius 3 is 2.39 bits per heavy atom. The fraction of sp³-hybridized carbons (Fsp3) is 0.500. The van der Waals surface area contributed by atoms with E-state index in [1.807, 2.05) is 4.72 Å². The van der Waals surface area contributed by atoms with Gasteiger partial charge in [0.1, 0.15) is 16.5 Å². The molecule has 2 rings (SSSR count). The largest absolute Gasteiger partial charge is 0.476 e. The molecule has 0 aliphatic carbocycles. The van der Waals surface area contributed by atoms with Crippen molar-refractivity contribution in [2.24, 2.45) is 11.3 Å². The highest BCUT2D eigenvalue weighted by Crippen LogP contribution is 2.36. The number of alkyl halides is 3. The van der Waals surface area contributed by atoms with Gasteiger partial charge in [0.15, 0.2) is 11.5 Å². The van der Waals surface area contributed by atoms with Crippen LogP contribution < -0.4 is 9.46 Å². The molecule has 13 heteroatoms. The molecule has 2 aromatic rings. The summed E-state index contributed by atoms with van der Waals surface area (Å²) in [6.07, 6.45) is -3.63. The first-order valence-electron chi connectivity index (χ1n) is 9.87. The lowest BCUT2D eigenvalue weighted by Crippen LogP contribution is -2.34. The summed E-state index contributed by atoms with van der Waals surface area (Å²) in [6.45, 7) is 8.62. The van der Waals surface area contributed by atoms with Crippen molar-refractivity contribution in [3.8, 4) is 17.8 Å². The van der Waals surface area contributed by atoms with Crippen LogP contribution in [0, 0.1) is 22.7 Å². The van der Waals surface area contributed by atoms with E-state index in [4.69, 9.17) is 4.74 Å². The molecule has 0 bridgehead atoms. The monoisotopic (exact) mass is 487 g/mol. The Kier molecular flexibility index (Phi) is 7.43. The van der Waals surface area contributed by atoms with Gasteiger partial charge >= 0.3 is 6.18 Å². The van der Waals surface area contributed by atoms with Crippen molar-refractivity contribution in [1.29, 1.82) is 5.26 Å². The van der Waals surface area contributed by atoms with Crippen LogP contribution in [0.4, 0.5) is 13.2 Å². The smallest absolute Gasteiger partial charge is 0.436 e. The summed E-state index contributed by atoms with van der Waals surface area (Å²) < 4.78 is 73.3. The first-order chi connectivity index (χ1) is 15.1. The maximum atomic E-state index is 13.4. The molecule has 0 saturated carbocycles. The van der Waals surface area contributed by atoms with Crippen LogP contribution in [0.5, 0.6) is 5.88 Å². The van der Waals surface area contributed by atoms with Gasteiger partial charge in [0, 0.05) is 12.1 Å². The van der Waals surface area contributed by atoms with Crippen LogP contribution in [0.25, 0.3) is 5.82 Å². The van der Waals surface area contributed by atoms with Crippen molar-refractivity contribution in [2.75, 3.05) is 6.61 Å². The van der Waals surface area contributed by atoms with Crippen LogP contribution in [0.1, 0.15) is 52.3 Å². The Morgan fingerprint density at radius 2 is 1.94 bits per heavy atom. The molecule has 33 heavy (non-hydrogen) atoms. The van der Waals surface area contributed by atoms with E-state index < -0.39 is 50.6 Å². The second-order valence-electron chi connectivity index (χ2n) is 8.53. The van der Waals surface area contributed by atoms with Crippen LogP contribution in [-0.4, -0.2) is 35.7 Å². The molecule has 180 valence electrons. The third kappa shape index (κ3) is 6.22. The lowest BCUT2D eigenvalue weighted by molar-refractivity contribution is -0.141. The second-order valence-corrected chi connectivity index (χ2v) is 10.2. The number of carbonyl (C=O) groups excluding carboxylic acids is 1. The lowest BCUT2D eigenvalue weighted by atomic mass is 9.99. The number of nitrogens with one attached hydrogen (secondary N) is 1. The van der Waals surface area contributed by atoms with E-state index in [2.05, 4.69) is 10.1 Å². The van der Waals surface area contributed by atoms with Crippen molar-refractivity contribution in [3.05, 3.63) is 29.6 Å². The number of ether oxygens (including phenoxy) is 1. The molecule has 2 aromatic heterocycles. The average Bonchev–Trinajstić information content (AvgIpc) is 3.10. The van der Waals surface area contributed by atoms with Gasteiger partial charge in [-0.25, -0.2) is 18.1 Å². The molecule has 1 amide bonds. The van der Waals surface area contributed by atoms with Crippen molar-refractivity contribution < 1.29 is 31.1 Å². The number of amides is 1. The van der Waals surface area contributed by atoms with Crippen LogP contribution in [0.15, 0.2) is 23.2 Å². The van der Waals surface area contributed by atoms with Gasteiger partial charge in [-0.3, -0.25) is 4.79 Å². The van der Waals surface area contributed by atoms with E-state index in [1.54, 1.807) is 34.6 Å². The van der Waals surface area contributed by atoms with E-state index in [0.29, 0.717) is 11.1 Å². The molecule has 1 unspecified atom stereocenters. The number of halogens is 3. The third-order valence-corrected chi connectivity index (χ3v) is 5.74. The Labute approximate surface area is 189 Å². The average molecular weight is 488 g/mol. The topological polar surface area (TPSA) is 127 Å². The summed E-state index contributed by atoms with van der Waals surface area (Å²) in [5.41, 5.74) is -2.71. The predicted molar refractivity (Wildman–Crippen MR) is 111 cm³/mol. The molecule has 9 nitrogen and oxygen atoms in total. The minimum absolute atomic E-state index is 0.0290. The van der Waals surface area contributed by atoms with Gasteiger partial charge in [-0.15, -0.1) is 0 Å². The van der Waals surface area contributed by atoms with Gasteiger partial charge in [-0.1, -0.05) is 34.6 Å². The van der Waals surface area contributed by atoms with Gasteiger partial charge in [0.05, 0.1) is 6.61 Å². The highest BCUT2D eigenvalue weighted by Gasteiger charge is 2.41. The third-order valence-electron chi connectivity index (χ3n) is 4.41. The fourth-order valence-electron chi connectivity index (χ4n) is 2.41. The minimum atomic E-state index is -4.93. The molecule has 1 N–H and O–H groups in total. The maximum absolute atomic E-state index is 13.4. The zero-order chi connectivity index (χ0) is 25.2. The molecule has 0 aliphatic rings. The summed E-state index contributed by atoms with van der Waals surface area (Å²) in [5, 5.41) is 12.8. The standard InChI is InChI=1S/C20H24F3N5O4S/c1-6-12(2)17(29)27-33(30,31)13-7-8-15(25-10-13)28-18(32-11-19(3,4)5)14(9-24)16(26-28)20(21,22)23/h7-8,10,12H,6,11H2,1-5H3,(H,27,29). The normalized spacial score (nSPS) is 13.3. The number of aromatic nitrogens is 3. The Bertz CT molecular complexity index is 1160. The van der Waals surface area contributed by atoms with Gasteiger partial charge in [-0.05, 0) is 24.0 Å². The number of nitrogens with zero attached hydrogens (tertiary/aromatic N) is 4. The molecule has 0 fully saturated rings. The fourth-order valence-corrected chi connectivity index (χ4v) is 3.43. The quantitative estimate of drug-likeness (QED) is 0.634. The summed E-state index contributed by atoms with van der Waals surface area (Å²) in [6, 6.07) is 3.63. The zero-order valence-corrected chi connectivity index (χ0v) is 19.5. The molecule has 0 radical (unpaired) electrons. The Hall–Kier alpha value is -3.14. The number of sulfonamides is 1. The van der Waals surface area contributed by atoms with Crippen molar-refractivity contribution in [1.82, 2.24) is 19.5 Å². The number of hydrogen-bond acceptors (Lipinski definition) is 7. The van der Waals surface area contributed by atoms with E-state index >= 15 is 0 Å². The van der Waals surface area contributed by atoms with Crippen LogP contribution in [0.2, 0.25) is 0 Å². The van der Waals surface area contributed by atoms with Crippen LogP contribution in [-0.2, 0) is 21.0 Å². The number of hydrogen-bond donors (Lipinski definition) is 1. The molecule has 0 spiro atoms. The van der Waals surface area contributed by atoms with Gasteiger partial charge < -0.3 is 4.74 Å². The highest BCUT2D eigenvalue weighted by atomic mass is 32.2. The molecule has 2 heterocycles.